The van der Waals surface area contributed by atoms with Crippen molar-refractivity contribution in [1.29, 1.82) is 0 Å². The Balaban J connectivity index is 0.00000128. The van der Waals surface area contributed by atoms with Crippen LogP contribution in [0.25, 0.3) is 0 Å². The number of hydrogen-bond donors (Lipinski definition) is 2. The molecule has 0 spiro atoms. The summed E-state index contributed by atoms with van der Waals surface area (Å²) in [5.74, 6) is 1.73. The van der Waals surface area contributed by atoms with Gasteiger partial charge in [0, 0.05) is 38.9 Å². The average molecular weight is 244 g/mol. The van der Waals surface area contributed by atoms with Gasteiger partial charge in [0.25, 0.3) is 0 Å². The van der Waals surface area contributed by atoms with Gasteiger partial charge in [-0.3, -0.25) is 0 Å². The topological polar surface area (TPSA) is 53.1 Å². The Labute approximate surface area is 102 Å². The summed E-state index contributed by atoms with van der Waals surface area (Å²) in [6, 6.07) is 1.90. The van der Waals surface area contributed by atoms with Crippen LogP contribution in [0.5, 0.6) is 0 Å². The molecule has 1 fully saturated rings. The van der Waals surface area contributed by atoms with Gasteiger partial charge in [-0.1, -0.05) is 0 Å². The molecule has 0 aromatic carbocycles. The molecule has 1 aromatic heterocycles. The minimum atomic E-state index is 0. The number of anilines is 2. The Bertz CT molecular complexity index is 314. The second kappa shape index (κ2) is 6.50. The zero-order valence-electron chi connectivity index (χ0n) is 9.44. The molecular formula is C10H18ClN5. The first-order valence-electron chi connectivity index (χ1n) is 5.42. The van der Waals surface area contributed by atoms with Crippen LogP contribution in [0, 0.1) is 0 Å². The van der Waals surface area contributed by atoms with Gasteiger partial charge >= 0.3 is 0 Å². The summed E-state index contributed by atoms with van der Waals surface area (Å²) in [6.45, 7) is 6.93. The zero-order chi connectivity index (χ0) is 10.5. The van der Waals surface area contributed by atoms with Crippen molar-refractivity contribution in [2.75, 3.05) is 42.9 Å². The summed E-state index contributed by atoms with van der Waals surface area (Å²) >= 11 is 0. The number of aromatic nitrogens is 2. The summed E-state index contributed by atoms with van der Waals surface area (Å²) in [5, 5.41) is 6.50. The lowest BCUT2D eigenvalue weighted by atomic mass is 10.4. The predicted octanol–water partition coefficient (Wildman–Crippen LogP) is 0.740. The molecule has 1 aliphatic heterocycles. The fraction of sp³-hybridized carbons (Fsp3) is 0.600. The normalized spacial score (nSPS) is 15.4. The molecule has 0 aliphatic carbocycles. The second-order valence-electron chi connectivity index (χ2n) is 3.51. The van der Waals surface area contributed by atoms with Crippen LogP contribution >= 0.6 is 12.4 Å². The third kappa shape index (κ3) is 3.21. The maximum atomic E-state index is 4.46. The highest BCUT2D eigenvalue weighted by molar-refractivity contribution is 5.85. The van der Waals surface area contributed by atoms with Crippen molar-refractivity contribution in [3.8, 4) is 0 Å². The molecule has 5 nitrogen and oxygen atoms in total. The van der Waals surface area contributed by atoms with Crippen LogP contribution in [0.4, 0.5) is 11.8 Å². The Hall–Kier alpha value is -1.07. The van der Waals surface area contributed by atoms with Gasteiger partial charge in [0.1, 0.15) is 5.82 Å². The number of piperazine rings is 1. The van der Waals surface area contributed by atoms with Crippen molar-refractivity contribution in [1.82, 2.24) is 15.3 Å². The highest BCUT2D eigenvalue weighted by Crippen LogP contribution is 2.10. The van der Waals surface area contributed by atoms with Crippen molar-refractivity contribution in [2.45, 2.75) is 6.92 Å². The molecule has 0 radical (unpaired) electrons. The molecule has 0 bridgehead atoms. The third-order valence-electron chi connectivity index (χ3n) is 2.40. The van der Waals surface area contributed by atoms with E-state index < -0.39 is 0 Å². The number of rotatable bonds is 3. The lowest BCUT2D eigenvalue weighted by molar-refractivity contribution is 0.580. The highest BCUT2D eigenvalue weighted by Gasteiger charge is 2.12. The minimum Gasteiger partial charge on any atom is -0.370 e. The van der Waals surface area contributed by atoms with Crippen LogP contribution in [-0.2, 0) is 0 Å². The molecule has 2 N–H and O–H groups in total. The van der Waals surface area contributed by atoms with Gasteiger partial charge in [-0.2, -0.15) is 4.98 Å². The molecule has 2 heterocycles. The van der Waals surface area contributed by atoms with Gasteiger partial charge in [0.2, 0.25) is 5.95 Å². The molecule has 16 heavy (non-hydrogen) atoms. The first-order valence-corrected chi connectivity index (χ1v) is 5.42. The summed E-state index contributed by atoms with van der Waals surface area (Å²) in [5.41, 5.74) is 0. The highest BCUT2D eigenvalue weighted by atomic mass is 35.5. The van der Waals surface area contributed by atoms with Crippen LogP contribution in [0.2, 0.25) is 0 Å². The maximum absolute atomic E-state index is 4.46. The maximum Gasteiger partial charge on any atom is 0.227 e. The molecule has 1 aromatic rings. The van der Waals surface area contributed by atoms with Crippen molar-refractivity contribution < 1.29 is 0 Å². The van der Waals surface area contributed by atoms with Crippen LogP contribution < -0.4 is 15.5 Å². The summed E-state index contributed by atoms with van der Waals surface area (Å²) < 4.78 is 0. The van der Waals surface area contributed by atoms with E-state index in [0.717, 1.165) is 44.5 Å². The number of nitrogens with one attached hydrogen (secondary N) is 2. The number of hydrogen-bond acceptors (Lipinski definition) is 5. The molecular weight excluding hydrogens is 226 g/mol. The summed E-state index contributed by atoms with van der Waals surface area (Å²) in [4.78, 5) is 11.0. The third-order valence-corrected chi connectivity index (χ3v) is 2.40. The van der Waals surface area contributed by atoms with E-state index in [1.807, 2.05) is 12.3 Å². The Kier molecular flexibility index (Phi) is 5.28. The van der Waals surface area contributed by atoms with E-state index in [-0.39, 0.29) is 12.4 Å². The number of halogens is 1. The average Bonchev–Trinajstić information content (AvgIpc) is 2.31. The van der Waals surface area contributed by atoms with Gasteiger partial charge < -0.3 is 15.5 Å². The van der Waals surface area contributed by atoms with E-state index in [1.165, 1.54) is 0 Å². The van der Waals surface area contributed by atoms with E-state index in [2.05, 4.69) is 32.4 Å². The first kappa shape index (κ1) is 13.0. The van der Waals surface area contributed by atoms with E-state index in [1.54, 1.807) is 0 Å². The van der Waals surface area contributed by atoms with E-state index in [0.29, 0.717) is 0 Å². The van der Waals surface area contributed by atoms with Crippen LogP contribution in [0.1, 0.15) is 6.92 Å². The lowest BCUT2D eigenvalue weighted by Gasteiger charge is -2.27. The molecule has 0 saturated carbocycles. The molecule has 6 heteroatoms. The van der Waals surface area contributed by atoms with Gasteiger partial charge in [-0.15, -0.1) is 12.4 Å². The van der Waals surface area contributed by atoms with Gasteiger partial charge in [0.15, 0.2) is 0 Å². The van der Waals surface area contributed by atoms with Gasteiger partial charge in [0.05, 0.1) is 0 Å². The minimum absolute atomic E-state index is 0. The van der Waals surface area contributed by atoms with Gasteiger partial charge in [-0.25, -0.2) is 4.98 Å². The molecule has 0 atom stereocenters. The van der Waals surface area contributed by atoms with Crippen molar-refractivity contribution in [3.63, 3.8) is 0 Å². The monoisotopic (exact) mass is 243 g/mol. The molecule has 90 valence electrons. The quantitative estimate of drug-likeness (QED) is 0.820. The Morgan fingerprint density at radius 2 is 2.19 bits per heavy atom. The summed E-state index contributed by atoms with van der Waals surface area (Å²) in [6.07, 6.45) is 1.81. The molecule has 2 rings (SSSR count). The molecule has 0 amide bonds. The largest absolute Gasteiger partial charge is 0.370 e. The standard InChI is InChI=1S/C10H17N5.ClH/c1-2-12-9-3-4-13-10(14-9)15-7-5-11-6-8-15;/h3-4,11H,2,5-8H2,1H3,(H,12,13,14);1H. The fourth-order valence-electron chi connectivity index (χ4n) is 1.65. The first-order chi connectivity index (χ1) is 7.40. The smallest absolute Gasteiger partial charge is 0.227 e. The lowest BCUT2D eigenvalue weighted by Crippen LogP contribution is -2.44. The zero-order valence-corrected chi connectivity index (χ0v) is 10.3. The van der Waals surface area contributed by atoms with Crippen molar-refractivity contribution >= 4 is 24.2 Å². The van der Waals surface area contributed by atoms with Crippen LogP contribution in [0.3, 0.4) is 0 Å². The Morgan fingerprint density at radius 1 is 1.44 bits per heavy atom. The Morgan fingerprint density at radius 3 is 2.88 bits per heavy atom. The SMILES string of the molecule is CCNc1ccnc(N2CCNCC2)n1.Cl. The number of nitrogens with zero attached hydrogens (tertiary/aromatic N) is 3. The van der Waals surface area contributed by atoms with Crippen LogP contribution in [-0.4, -0.2) is 42.7 Å². The summed E-state index contributed by atoms with van der Waals surface area (Å²) in [7, 11) is 0. The fourth-order valence-corrected chi connectivity index (χ4v) is 1.65. The second-order valence-corrected chi connectivity index (χ2v) is 3.51. The van der Waals surface area contributed by atoms with Crippen molar-refractivity contribution in [2.24, 2.45) is 0 Å². The predicted molar refractivity (Wildman–Crippen MR) is 68.5 cm³/mol. The van der Waals surface area contributed by atoms with Gasteiger partial charge in [-0.05, 0) is 13.0 Å². The van der Waals surface area contributed by atoms with E-state index in [9.17, 15) is 0 Å². The van der Waals surface area contributed by atoms with E-state index in [4.69, 9.17) is 0 Å². The van der Waals surface area contributed by atoms with Crippen LogP contribution in [0.15, 0.2) is 12.3 Å². The molecule has 1 saturated heterocycles. The van der Waals surface area contributed by atoms with E-state index >= 15 is 0 Å². The molecule has 1 aliphatic rings. The van der Waals surface area contributed by atoms with Crippen molar-refractivity contribution in [3.05, 3.63) is 12.3 Å². The molecule has 0 unspecified atom stereocenters.